The van der Waals surface area contributed by atoms with Crippen molar-refractivity contribution in [3.63, 3.8) is 0 Å². The van der Waals surface area contributed by atoms with E-state index in [1.165, 1.54) is 0 Å². The number of imidazole rings is 1. The van der Waals surface area contributed by atoms with E-state index in [-0.39, 0.29) is 5.91 Å². The second kappa shape index (κ2) is 5.14. The molecule has 0 saturated heterocycles. The fourth-order valence-electron chi connectivity index (χ4n) is 1.12. The maximum atomic E-state index is 11.7. The molecule has 0 N–H and O–H groups in total. The average molecular weight is 260 g/mol. The lowest BCUT2D eigenvalue weighted by atomic mass is 10.3. The molecule has 14 heavy (non-hydrogen) atoms. The van der Waals surface area contributed by atoms with Crippen molar-refractivity contribution in [2.24, 2.45) is 7.05 Å². The van der Waals surface area contributed by atoms with Crippen LogP contribution < -0.4 is 0 Å². The SMILES string of the molecule is CN(CCCBr)C(=O)c1cn(C)cn1. The van der Waals surface area contributed by atoms with Gasteiger partial charge in [0.2, 0.25) is 0 Å². The smallest absolute Gasteiger partial charge is 0.273 e. The van der Waals surface area contributed by atoms with Gasteiger partial charge in [0, 0.05) is 32.2 Å². The lowest BCUT2D eigenvalue weighted by molar-refractivity contribution is 0.0790. The first kappa shape index (κ1) is 11.2. The molecule has 0 fully saturated rings. The molecule has 1 aromatic heterocycles. The fourth-order valence-corrected chi connectivity index (χ4v) is 1.37. The van der Waals surface area contributed by atoms with Crippen LogP contribution in [0.25, 0.3) is 0 Å². The molecule has 0 saturated carbocycles. The van der Waals surface area contributed by atoms with Crippen LogP contribution in [0.3, 0.4) is 0 Å². The first-order valence-corrected chi connectivity index (χ1v) is 5.56. The van der Waals surface area contributed by atoms with E-state index in [1.54, 1.807) is 29.0 Å². The van der Waals surface area contributed by atoms with Gasteiger partial charge in [-0.1, -0.05) is 15.9 Å². The zero-order valence-electron chi connectivity index (χ0n) is 8.40. The number of carbonyl (C=O) groups excluding carboxylic acids is 1. The van der Waals surface area contributed by atoms with E-state index in [0.29, 0.717) is 5.69 Å². The first-order chi connectivity index (χ1) is 6.65. The molecular formula is C9H14BrN3O. The third kappa shape index (κ3) is 2.83. The molecule has 1 rings (SSSR count). The largest absolute Gasteiger partial charge is 0.340 e. The zero-order chi connectivity index (χ0) is 10.6. The maximum absolute atomic E-state index is 11.7. The Morgan fingerprint density at radius 2 is 2.43 bits per heavy atom. The molecule has 0 aromatic carbocycles. The van der Waals surface area contributed by atoms with Crippen molar-refractivity contribution < 1.29 is 4.79 Å². The number of rotatable bonds is 4. The molecule has 78 valence electrons. The third-order valence-corrected chi connectivity index (χ3v) is 2.46. The van der Waals surface area contributed by atoms with Crippen molar-refractivity contribution in [2.75, 3.05) is 18.9 Å². The molecular weight excluding hydrogens is 246 g/mol. The van der Waals surface area contributed by atoms with E-state index >= 15 is 0 Å². The van der Waals surface area contributed by atoms with Gasteiger partial charge in [0.25, 0.3) is 5.91 Å². The standard InChI is InChI=1S/C9H14BrN3O/c1-12-6-8(11-7-12)9(14)13(2)5-3-4-10/h6-7H,3-5H2,1-2H3. The quantitative estimate of drug-likeness (QED) is 0.765. The summed E-state index contributed by atoms with van der Waals surface area (Å²) in [4.78, 5) is 17.4. The molecule has 1 amide bonds. The van der Waals surface area contributed by atoms with E-state index in [0.717, 1.165) is 18.3 Å². The van der Waals surface area contributed by atoms with Crippen LogP contribution in [0.5, 0.6) is 0 Å². The topological polar surface area (TPSA) is 38.1 Å². The van der Waals surface area contributed by atoms with Gasteiger partial charge in [0.1, 0.15) is 5.69 Å². The molecule has 5 heteroatoms. The summed E-state index contributed by atoms with van der Waals surface area (Å²) in [6.07, 6.45) is 4.31. The van der Waals surface area contributed by atoms with Gasteiger partial charge in [-0.15, -0.1) is 0 Å². The second-order valence-electron chi connectivity index (χ2n) is 3.19. The molecule has 0 atom stereocenters. The Morgan fingerprint density at radius 1 is 1.71 bits per heavy atom. The summed E-state index contributed by atoms with van der Waals surface area (Å²) in [5.41, 5.74) is 0.504. The summed E-state index contributed by atoms with van der Waals surface area (Å²) < 4.78 is 1.77. The van der Waals surface area contributed by atoms with Gasteiger partial charge in [-0.3, -0.25) is 4.79 Å². The predicted octanol–water partition coefficient (Wildman–Crippen LogP) is 1.28. The normalized spacial score (nSPS) is 10.2. The number of hydrogen-bond acceptors (Lipinski definition) is 2. The monoisotopic (exact) mass is 259 g/mol. The summed E-state index contributed by atoms with van der Waals surface area (Å²) in [5, 5.41) is 0.910. The number of hydrogen-bond donors (Lipinski definition) is 0. The van der Waals surface area contributed by atoms with E-state index in [1.807, 2.05) is 7.05 Å². The Balaban J connectivity index is 2.56. The van der Waals surface area contributed by atoms with E-state index in [2.05, 4.69) is 20.9 Å². The van der Waals surface area contributed by atoms with Gasteiger partial charge >= 0.3 is 0 Å². The minimum absolute atomic E-state index is 0.0217. The van der Waals surface area contributed by atoms with Crippen LogP contribution in [0.1, 0.15) is 16.9 Å². The average Bonchev–Trinajstić information content (AvgIpc) is 2.60. The number of aromatic nitrogens is 2. The summed E-state index contributed by atoms with van der Waals surface area (Å²) in [7, 11) is 3.64. The molecule has 1 heterocycles. The van der Waals surface area contributed by atoms with Crippen LogP contribution >= 0.6 is 15.9 Å². The Labute approximate surface area is 92.0 Å². The summed E-state index contributed by atoms with van der Waals surface area (Å²) in [6.45, 7) is 0.751. The Kier molecular flexibility index (Phi) is 4.13. The third-order valence-electron chi connectivity index (χ3n) is 1.90. The number of alkyl halides is 1. The summed E-state index contributed by atoms with van der Waals surface area (Å²) in [5.74, 6) is -0.0217. The summed E-state index contributed by atoms with van der Waals surface area (Å²) in [6, 6.07) is 0. The van der Waals surface area contributed by atoms with Gasteiger partial charge in [0.15, 0.2) is 0 Å². The van der Waals surface area contributed by atoms with Crippen LogP contribution in [0.4, 0.5) is 0 Å². The van der Waals surface area contributed by atoms with Crippen LogP contribution in [-0.2, 0) is 7.05 Å². The van der Waals surface area contributed by atoms with Gasteiger partial charge in [-0.05, 0) is 6.42 Å². The first-order valence-electron chi connectivity index (χ1n) is 4.44. The maximum Gasteiger partial charge on any atom is 0.273 e. The van der Waals surface area contributed by atoms with Crippen molar-refractivity contribution in [1.82, 2.24) is 14.5 Å². The van der Waals surface area contributed by atoms with Gasteiger partial charge in [-0.2, -0.15) is 0 Å². The molecule has 0 bridgehead atoms. The number of amides is 1. The van der Waals surface area contributed by atoms with Crippen molar-refractivity contribution >= 4 is 21.8 Å². The highest BCUT2D eigenvalue weighted by molar-refractivity contribution is 9.09. The van der Waals surface area contributed by atoms with Crippen LogP contribution in [0.15, 0.2) is 12.5 Å². The Morgan fingerprint density at radius 3 is 2.93 bits per heavy atom. The predicted molar refractivity (Wildman–Crippen MR) is 58.6 cm³/mol. The number of carbonyl (C=O) groups is 1. The van der Waals surface area contributed by atoms with Crippen LogP contribution in [-0.4, -0.2) is 39.3 Å². The van der Waals surface area contributed by atoms with Gasteiger partial charge in [-0.25, -0.2) is 4.98 Å². The highest BCUT2D eigenvalue weighted by Gasteiger charge is 2.12. The van der Waals surface area contributed by atoms with Crippen LogP contribution in [0, 0.1) is 0 Å². The molecule has 0 unspecified atom stereocenters. The van der Waals surface area contributed by atoms with E-state index in [9.17, 15) is 4.79 Å². The minimum atomic E-state index is -0.0217. The van der Waals surface area contributed by atoms with Crippen molar-refractivity contribution in [3.05, 3.63) is 18.2 Å². The van der Waals surface area contributed by atoms with Gasteiger partial charge < -0.3 is 9.47 Å². The van der Waals surface area contributed by atoms with E-state index < -0.39 is 0 Å². The number of halogens is 1. The molecule has 0 aliphatic rings. The molecule has 0 radical (unpaired) electrons. The Hall–Kier alpha value is -0.840. The summed E-state index contributed by atoms with van der Waals surface area (Å²) >= 11 is 3.33. The lowest BCUT2D eigenvalue weighted by Gasteiger charge is -2.14. The molecule has 0 spiro atoms. The van der Waals surface area contributed by atoms with Crippen molar-refractivity contribution in [2.45, 2.75) is 6.42 Å². The van der Waals surface area contributed by atoms with E-state index in [4.69, 9.17) is 0 Å². The number of nitrogens with zero attached hydrogens (tertiary/aromatic N) is 3. The zero-order valence-corrected chi connectivity index (χ0v) is 9.99. The minimum Gasteiger partial charge on any atom is -0.340 e. The highest BCUT2D eigenvalue weighted by Crippen LogP contribution is 2.01. The lowest BCUT2D eigenvalue weighted by Crippen LogP contribution is -2.28. The number of aryl methyl sites for hydroxylation is 1. The second-order valence-corrected chi connectivity index (χ2v) is 3.99. The van der Waals surface area contributed by atoms with Crippen molar-refractivity contribution in [3.8, 4) is 0 Å². The highest BCUT2D eigenvalue weighted by atomic mass is 79.9. The molecule has 4 nitrogen and oxygen atoms in total. The van der Waals surface area contributed by atoms with Gasteiger partial charge in [0.05, 0.1) is 6.33 Å². The van der Waals surface area contributed by atoms with Crippen molar-refractivity contribution in [1.29, 1.82) is 0 Å². The Bertz CT molecular complexity index is 311. The fraction of sp³-hybridized carbons (Fsp3) is 0.556. The molecule has 0 aliphatic carbocycles. The molecule has 1 aromatic rings. The molecule has 0 aliphatic heterocycles. The van der Waals surface area contributed by atoms with Crippen LogP contribution in [0.2, 0.25) is 0 Å².